The number of nitrogens with two attached hydrogens (primary N) is 1. The van der Waals surface area contributed by atoms with Gasteiger partial charge in [-0.3, -0.25) is 4.98 Å². The van der Waals surface area contributed by atoms with E-state index >= 15 is 0 Å². The van der Waals surface area contributed by atoms with E-state index in [2.05, 4.69) is 30.1 Å². The molecule has 0 aromatic carbocycles. The molecule has 0 bridgehead atoms. The normalized spacial score (nSPS) is 12.6. The van der Waals surface area contributed by atoms with Crippen molar-refractivity contribution in [3.8, 4) is 11.5 Å². The molecule has 84 valence electrons. The molecule has 2 N–H and O–H groups in total. The van der Waals surface area contributed by atoms with E-state index in [1.54, 1.807) is 6.07 Å². The number of anilines is 1. The van der Waals surface area contributed by atoms with Crippen LogP contribution >= 0.6 is 0 Å². The third-order valence-electron chi connectivity index (χ3n) is 2.75. The molecular weight excluding hydrogens is 202 g/mol. The number of aromatic nitrogens is 2. The molecule has 0 amide bonds. The SMILES string of the molecule is CCC(C)c1ccc(-c2cc(N)no2)nc1. The second-order valence-corrected chi connectivity index (χ2v) is 3.90. The van der Waals surface area contributed by atoms with Crippen LogP contribution in [0.5, 0.6) is 0 Å². The first-order chi connectivity index (χ1) is 7.70. The monoisotopic (exact) mass is 217 g/mol. The minimum Gasteiger partial charge on any atom is -0.381 e. The van der Waals surface area contributed by atoms with Crippen LogP contribution in [0.25, 0.3) is 11.5 Å². The molecule has 0 saturated heterocycles. The fourth-order valence-electron chi connectivity index (χ4n) is 1.49. The van der Waals surface area contributed by atoms with Gasteiger partial charge in [-0.25, -0.2) is 0 Å². The molecule has 2 heterocycles. The molecular formula is C12H15N3O. The first kappa shape index (κ1) is 10.7. The molecule has 4 heteroatoms. The number of nitrogens with zero attached hydrogens (tertiary/aromatic N) is 2. The third kappa shape index (κ3) is 2.05. The summed E-state index contributed by atoms with van der Waals surface area (Å²) in [5, 5.41) is 3.63. The van der Waals surface area contributed by atoms with Crippen LogP contribution in [0.3, 0.4) is 0 Å². The van der Waals surface area contributed by atoms with Gasteiger partial charge in [-0.15, -0.1) is 0 Å². The van der Waals surface area contributed by atoms with Gasteiger partial charge in [0.25, 0.3) is 0 Å². The molecule has 0 aliphatic rings. The van der Waals surface area contributed by atoms with Crippen LogP contribution in [-0.4, -0.2) is 10.1 Å². The Morgan fingerprint density at radius 2 is 2.25 bits per heavy atom. The molecule has 0 fully saturated rings. The summed E-state index contributed by atoms with van der Waals surface area (Å²) in [7, 11) is 0. The topological polar surface area (TPSA) is 64.9 Å². The number of rotatable bonds is 3. The first-order valence-corrected chi connectivity index (χ1v) is 5.39. The third-order valence-corrected chi connectivity index (χ3v) is 2.75. The molecule has 0 spiro atoms. The maximum absolute atomic E-state index is 5.48. The molecule has 1 unspecified atom stereocenters. The standard InChI is InChI=1S/C12H15N3O/c1-3-8(2)9-4-5-10(14-7-9)11-6-12(13)15-16-11/h4-8H,3H2,1-2H3,(H2,13,15). The van der Waals surface area contributed by atoms with Crippen LogP contribution in [0.15, 0.2) is 28.9 Å². The molecule has 2 aromatic heterocycles. The van der Waals surface area contributed by atoms with Crippen molar-refractivity contribution < 1.29 is 4.52 Å². The molecule has 2 aromatic rings. The summed E-state index contributed by atoms with van der Waals surface area (Å²) in [5.41, 5.74) is 7.48. The number of pyridine rings is 1. The maximum atomic E-state index is 5.48. The van der Waals surface area contributed by atoms with Crippen LogP contribution in [0.4, 0.5) is 5.82 Å². The van der Waals surface area contributed by atoms with Gasteiger partial charge in [0.2, 0.25) is 0 Å². The lowest BCUT2D eigenvalue weighted by Crippen LogP contribution is -1.92. The van der Waals surface area contributed by atoms with Gasteiger partial charge in [0, 0.05) is 12.3 Å². The zero-order valence-corrected chi connectivity index (χ0v) is 9.47. The molecule has 0 radical (unpaired) electrons. The lowest BCUT2D eigenvalue weighted by molar-refractivity contribution is 0.434. The van der Waals surface area contributed by atoms with E-state index in [1.807, 2.05) is 12.3 Å². The van der Waals surface area contributed by atoms with E-state index in [0.717, 1.165) is 12.1 Å². The zero-order valence-electron chi connectivity index (χ0n) is 9.47. The average Bonchev–Trinajstić information content (AvgIpc) is 2.75. The first-order valence-electron chi connectivity index (χ1n) is 5.39. The van der Waals surface area contributed by atoms with Gasteiger partial charge in [-0.2, -0.15) is 0 Å². The van der Waals surface area contributed by atoms with Crippen molar-refractivity contribution in [1.82, 2.24) is 10.1 Å². The predicted molar refractivity (Wildman–Crippen MR) is 62.9 cm³/mol. The lowest BCUT2D eigenvalue weighted by atomic mass is 10.0. The van der Waals surface area contributed by atoms with Crippen LogP contribution in [0.2, 0.25) is 0 Å². The Kier molecular flexibility index (Phi) is 2.90. The summed E-state index contributed by atoms with van der Waals surface area (Å²) >= 11 is 0. The summed E-state index contributed by atoms with van der Waals surface area (Å²) < 4.78 is 5.04. The van der Waals surface area contributed by atoms with E-state index in [9.17, 15) is 0 Å². The minimum atomic E-state index is 0.378. The van der Waals surface area contributed by atoms with Crippen molar-refractivity contribution in [2.75, 3.05) is 5.73 Å². The molecule has 0 aliphatic carbocycles. The van der Waals surface area contributed by atoms with Crippen molar-refractivity contribution >= 4 is 5.82 Å². The highest BCUT2D eigenvalue weighted by atomic mass is 16.5. The van der Waals surface area contributed by atoms with Crippen molar-refractivity contribution in [2.24, 2.45) is 0 Å². The van der Waals surface area contributed by atoms with Crippen LogP contribution in [0, 0.1) is 0 Å². The summed E-state index contributed by atoms with van der Waals surface area (Å²) in [5.74, 6) is 1.51. The molecule has 0 aliphatic heterocycles. The van der Waals surface area contributed by atoms with Gasteiger partial charge >= 0.3 is 0 Å². The molecule has 1 atom stereocenters. The highest BCUT2D eigenvalue weighted by molar-refractivity contribution is 5.55. The minimum absolute atomic E-state index is 0.378. The van der Waals surface area contributed by atoms with Crippen molar-refractivity contribution in [3.63, 3.8) is 0 Å². The van der Waals surface area contributed by atoms with E-state index in [-0.39, 0.29) is 0 Å². The molecule has 0 saturated carbocycles. The van der Waals surface area contributed by atoms with Gasteiger partial charge in [0.1, 0.15) is 5.69 Å². The van der Waals surface area contributed by atoms with Crippen LogP contribution in [0.1, 0.15) is 31.7 Å². The second kappa shape index (κ2) is 4.35. The van der Waals surface area contributed by atoms with Crippen molar-refractivity contribution in [2.45, 2.75) is 26.2 Å². The van der Waals surface area contributed by atoms with E-state index in [0.29, 0.717) is 17.5 Å². The Morgan fingerprint density at radius 3 is 2.75 bits per heavy atom. The van der Waals surface area contributed by atoms with Crippen LogP contribution < -0.4 is 5.73 Å². The average molecular weight is 217 g/mol. The summed E-state index contributed by atoms with van der Waals surface area (Å²) in [6, 6.07) is 5.67. The van der Waals surface area contributed by atoms with Crippen LogP contribution in [-0.2, 0) is 0 Å². The fraction of sp³-hybridized carbons (Fsp3) is 0.333. The van der Waals surface area contributed by atoms with Crippen molar-refractivity contribution in [3.05, 3.63) is 30.0 Å². The quantitative estimate of drug-likeness (QED) is 0.858. The number of nitrogen functional groups attached to an aromatic ring is 1. The maximum Gasteiger partial charge on any atom is 0.187 e. The fourth-order valence-corrected chi connectivity index (χ4v) is 1.49. The van der Waals surface area contributed by atoms with Gasteiger partial charge in [0.05, 0.1) is 0 Å². The largest absolute Gasteiger partial charge is 0.381 e. The Balaban J connectivity index is 2.25. The summed E-state index contributed by atoms with van der Waals surface area (Å²) in [4.78, 5) is 4.34. The Morgan fingerprint density at radius 1 is 1.44 bits per heavy atom. The smallest absolute Gasteiger partial charge is 0.187 e. The Hall–Kier alpha value is -1.84. The summed E-state index contributed by atoms with van der Waals surface area (Å²) in [6.45, 7) is 4.35. The van der Waals surface area contributed by atoms with E-state index < -0.39 is 0 Å². The summed E-state index contributed by atoms with van der Waals surface area (Å²) in [6.07, 6.45) is 2.98. The Labute approximate surface area is 94.5 Å². The molecule has 16 heavy (non-hydrogen) atoms. The number of hydrogen-bond donors (Lipinski definition) is 1. The molecule has 2 rings (SSSR count). The molecule has 4 nitrogen and oxygen atoms in total. The van der Waals surface area contributed by atoms with Crippen molar-refractivity contribution in [1.29, 1.82) is 0 Å². The van der Waals surface area contributed by atoms with E-state index in [4.69, 9.17) is 10.3 Å². The highest BCUT2D eigenvalue weighted by Crippen LogP contribution is 2.22. The van der Waals surface area contributed by atoms with Gasteiger partial charge in [-0.1, -0.05) is 25.1 Å². The van der Waals surface area contributed by atoms with E-state index in [1.165, 1.54) is 5.56 Å². The van der Waals surface area contributed by atoms with Gasteiger partial charge < -0.3 is 10.3 Å². The highest BCUT2D eigenvalue weighted by Gasteiger charge is 2.08. The lowest BCUT2D eigenvalue weighted by Gasteiger charge is -2.07. The predicted octanol–water partition coefficient (Wildman–Crippen LogP) is 2.83. The zero-order chi connectivity index (χ0) is 11.5. The Bertz CT molecular complexity index is 461. The number of hydrogen-bond acceptors (Lipinski definition) is 4. The van der Waals surface area contributed by atoms with Gasteiger partial charge in [0.15, 0.2) is 11.6 Å². The van der Waals surface area contributed by atoms with Gasteiger partial charge in [-0.05, 0) is 24.0 Å². The second-order valence-electron chi connectivity index (χ2n) is 3.90.